The van der Waals surface area contributed by atoms with Crippen LogP contribution in [0, 0.1) is 17.8 Å². The topological polar surface area (TPSA) is 72.7 Å². The van der Waals surface area contributed by atoms with Gasteiger partial charge in [0.25, 0.3) is 0 Å². The Labute approximate surface area is 182 Å². The van der Waals surface area contributed by atoms with Crippen LogP contribution in [0.5, 0.6) is 0 Å². The number of hydrogen-bond acceptors (Lipinski definition) is 5. The minimum absolute atomic E-state index is 0.0555. The minimum Gasteiger partial charge on any atom is -0.350 e. The van der Waals surface area contributed by atoms with Crippen molar-refractivity contribution in [2.45, 2.75) is 81.3 Å². The number of aromatic nitrogens is 4. The van der Waals surface area contributed by atoms with Crippen molar-refractivity contribution >= 4 is 17.7 Å². The molecule has 1 N–H and O–H groups in total. The average Bonchev–Trinajstić information content (AvgIpc) is 3.10. The third-order valence-electron chi connectivity index (χ3n) is 7.18. The third kappa shape index (κ3) is 3.77. The van der Waals surface area contributed by atoms with Crippen molar-refractivity contribution in [3.8, 4) is 11.4 Å². The average molecular weight is 426 g/mol. The Bertz CT molecular complexity index is 876. The summed E-state index contributed by atoms with van der Waals surface area (Å²) in [6.45, 7) is 4.97. The van der Waals surface area contributed by atoms with Crippen LogP contribution in [0.15, 0.2) is 29.7 Å². The lowest BCUT2D eigenvalue weighted by molar-refractivity contribution is -0.126. The van der Waals surface area contributed by atoms with Gasteiger partial charge in [-0.15, -0.1) is 10.2 Å². The zero-order valence-corrected chi connectivity index (χ0v) is 18.7. The lowest BCUT2D eigenvalue weighted by Crippen LogP contribution is -2.60. The highest BCUT2D eigenvalue weighted by atomic mass is 32.2. The number of nitrogens with one attached hydrogen (secondary N) is 1. The summed E-state index contributed by atoms with van der Waals surface area (Å²) < 4.78 is 2.13. The van der Waals surface area contributed by atoms with Crippen LogP contribution in [0.1, 0.15) is 58.8 Å². The number of carbonyl (C=O) groups excluding carboxylic acids is 1. The van der Waals surface area contributed by atoms with Gasteiger partial charge in [0.15, 0.2) is 11.0 Å². The van der Waals surface area contributed by atoms with E-state index in [2.05, 4.69) is 32.0 Å². The Kier molecular flexibility index (Phi) is 5.33. The summed E-state index contributed by atoms with van der Waals surface area (Å²) in [6, 6.07) is 3.90. The molecule has 2 heterocycles. The number of pyridine rings is 1. The molecule has 4 aliphatic rings. The minimum atomic E-state index is -0.192. The summed E-state index contributed by atoms with van der Waals surface area (Å²) in [6.07, 6.45) is 12.2. The number of carbonyl (C=O) groups is 1. The number of hydrogen-bond donors (Lipinski definition) is 1. The van der Waals surface area contributed by atoms with Gasteiger partial charge in [0.05, 0.1) is 5.25 Å². The fourth-order valence-corrected chi connectivity index (χ4v) is 7.23. The fraction of sp³-hybridized carbons (Fsp3) is 0.652. The quantitative estimate of drug-likeness (QED) is 0.669. The molecule has 4 aliphatic carbocycles. The van der Waals surface area contributed by atoms with Gasteiger partial charge in [-0.3, -0.25) is 9.78 Å². The highest BCUT2D eigenvalue weighted by Gasteiger charge is 2.51. The van der Waals surface area contributed by atoms with Crippen LogP contribution < -0.4 is 5.32 Å². The summed E-state index contributed by atoms with van der Waals surface area (Å²) in [5.41, 5.74) is 1.06. The second kappa shape index (κ2) is 7.98. The first kappa shape index (κ1) is 20.0. The number of nitrogens with zero attached hydrogens (tertiary/aromatic N) is 4. The highest BCUT2D eigenvalue weighted by Crippen LogP contribution is 2.55. The smallest absolute Gasteiger partial charge is 0.233 e. The van der Waals surface area contributed by atoms with E-state index in [4.69, 9.17) is 0 Å². The van der Waals surface area contributed by atoms with E-state index in [1.165, 1.54) is 50.3 Å². The number of amides is 1. The summed E-state index contributed by atoms with van der Waals surface area (Å²) in [5.74, 6) is 3.48. The second-order valence-electron chi connectivity index (χ2n) is 9.64. The van der Waals surface area contributed by atoms with E-state index in [9.17, 15) is 4.79 Å². The van der Waals surface area contributed by atoms with E-state index in [1.54, 1.807) is 12.4 Å². The van der Waals surface area contributed by atoms with Crippen molar-refractivity contribution in [1.82, 2.24) is 25.1 Å². The van der Waals surface area contributed by atoms with Gasteiger partial charge < -0.3 is 9.88 Å². The van der Waals surface area contributed by atoms with E-state index in [1.807, 2.05) is 19.1 Å². The summed E-state index contributed by atoms with van der Waals surface area (Å²) in [4.78, 5) is 17.3. The Morgan fingerprint density at radius 3 is 2.40 bits per heavy atom. The first-order valence-electron chi connectivity index (χ1n) is 11.4. The van der Waals surface area contributed by atoms with E-state index in [0.29, 0.717) is 0 Å². The zero-order valence-electron chi connectivity index (χ0n) is 17.9. The number of rotatable bonds is 7. The lowest BCUT2D eigenvalue weighted by Gasteiger charge is -2.57. The predicted octanol–water partition coefficient (Wildman–Crippen LogP) is 4.32. The Hall–Kier alpha value is -1.89. The van der Waals surface area contributed by atoms with Crippen LogP contribution in [0.3, 0.4) is 0 Å². The largest absolute Gasteiger partial charge is 0.350 e. The van der Waals surface area contributed by atoms with Crippen molar-refractivity contribution in [3.63, 3.8) is 0 Å². The molecule has 0 spiro atoms. The van der Waals surface area contributed by atoms with Crippen molar-refractivity contribution in [2.75, 3.05) is 0 Å². The van der Waals surface area contributed by atoms with Gasteiger partial charge in [0.2, 0.25) is 5.91 Å². The Morgan fingerprint density at radius 1 is 1.17 bits per heavy atom. The fourth-order valence-electron chi connectivity index (χ4n) is 6.35. The molecule has 2 aromatic rings. The van der Waals surface area contributed by atoms with Gasteiger partial charge in [0.1, 0.15) is 0 Å². The Balaban J connectivity index is 1.30. The molecular formula is C23H31N5OS. The first-order chi connectivity index (χ1) is 14.5. The molecule has 1 atom stereocenters. The standard InChI is InChI=1S/C23H31N5OS/c1-3-8-28-20(19-4-6-24-7-5-19)26-27-22(28)30-15(2)21(29)25-23-12-16-9-17(13-23)11-18(10-16)14-23/h4-7,15-18H,3,8-14H2,1-2H3,(H,25,29)/t15-,16?,17?,18?,23?/m1/s1. The van der Waals surface area contributed by atoms with Gasteiger partial charge in [-0.1, -0.05) is 18.7 Å². The molecule has 2 aromatic heterocycles. The van der Waals surface area contributed by atoms with Crippen LogP contribution in [0.2, 0.25) is 0 Å². The van der Waals surface area contributed by atoms with Crippen LogP contribution in [-0.4, -0.2) is 36.4 Å². The molecule has 4 saturated carbocycles. The van der Waals surface area contributed by atoms with Crippen molar-refractivity contribution in [1.29, 1.82) is 0 Å². The molecule has 0 aromatic carbocycles. The number of thioether (sulfide) groups is 1. The molecule has 6 rings (SSSR count). The van der Waals surface area contributed by atoms with E-state index in [0.717, 1.165) is 47.3 Å². The molecular weight excluding hydrogens is 394 g/mol. The maximum atomic E-state index is 13.2. The van der Waals surface area contributed by atoms with Crippen LogP contribution >= 0.6 is 11.8 Å². The predicted molar refractivity (Wildman–Crippen MR) is 118 cm³/mol. The van der Waals surface area contributed by atoms with Gasteiger partial charge >= 0.3 is 0 Å². The first-order valence-corrected chi connectivity index (χ1v) is 12.3. The molecule has 0 saturated heterocycles. The van der Waals surface area contributed by atoms with Gasteiger partial charge in [-0.05, 0) is 81.8 Å². The van der Waals surface area contributed by atoms with Crippen LogP contribution in [0.25, 0.3) is 11.4 Å². The molecule has 160 valence electrons. The molecule has 4 fully saturated rings. The van der Waals surface area contributed by atoms with E-state index >= 15 is 0 Å². The van der Waals surface area contributed by atoms with Crippen molar-refractivity contribution < 1.29 is 4.79 Å². The molecule has 0 radical (unpaired) electrons. The zero-order chi connectivity index (χ0) is 20.7. The molecule has 30 heavy (non-hydrogen) atoms. The van der Waals surface area contributed by atoms with Gasteiger partial charge in [-0.25, -0.2) is 0 Å². The molecule has 0 aliphatic heterocycles. The van der Waals surface area contributed by atoms with E-state index in [-0.39, 0.29) is 16.7 Å². The maximum Gasteiger partial charge on any atom is 0.233 e. The van der Waals surface area contributed by atoms with E-state index < -0.39 is 0 Å². The SMILES string of the molecule is CCCn1c(S[C@H](C)C(=O)NC23CC4CC(CC(C4)C2)C3)nnc1-c1ccncc1. The third-order valence-corrected chi connectivity index (χ3v) is 8.26. The van der Waals surface area contributed by atoms with Crippen LogP contribution in [0.4, 0.5) is 0 Å². The molecule has 4 bridgehead atoms. The van der Waals surface area contributed by atoms with Crippen molar-refractivity contribution in [3.05, 3.63) is 24.5 Å². The second-order valence-corrected chi connectivity index (χ2v) is 10.9. The normalized spacial score (nSPS) is 30.4. The molecule has 7 heteroatoms. The molecule has 0 unspecified atom stereocenters. The molecule has 6 nitrogen and oxygen atoms in total. The Morgan fingerprint density at radius 2 is 1.80 bits per heavy atom. The molecule has 1 amide bonds. The lowest BCUT2D eigenvalue weighted by atomic mass is 9.53. The van der Waals surface area contributed by atoms with Crippen LogP contribution in [-0.2, 0) is 11.3 Å². The van der Waals surface area contributed by atoms with Crippen molar-refractivity contribution in [2.24, 2.45) is 17.8 Å². The van der Waals surface area contributed by atoms with Gasteiger partial charge in [0, 0.05) is 30.0 Å². The summed E-state index contributed by atoms with van der Waals surface area (Å²) in [7, 11) is 0. The summed E-state index contributed by atoms with van der Waals surface area (Å²) >= 11 is 1.52. The highest BCUT2D eigenvalue weighted by molar-refractivity contribution is 8.00. The monoisotopic (exact) mass is 425 g/mol. The summed E-state index contributed by atoms with van der Waals surface area (Å²) in [5, 5.41) is 13.0. The van der Waals surface area contributed by atoms with Gasteiger partial charge in [-0.2, -0.15) is 0 Å². The maximum absolute atomic E-state index is 13.2.